The minimum absolute atomic E-state index is 0.0344. The Bertz CT molecular complexity index is 412. The van der Waals surface area contributed by atoms with Crippen molar-refractivity contribution in [3.05, 3.63) is 16.1 Å². The highest BCUT2D eigenvalue weighted by atomic mass is 32.2. The molecule has 4 nitrogen and oxygen atoms in total. The molecule has 6 heteroatoms. The van der Waals surface area contributed by atoms with Crippen LogP contribution in [0.2, 0.25) is 0 Å². The summed E-state index contributed by atoms with van der Waals surface area (Å²) in [6, 6.07) is 0. The number of thiazole rings is 1. The van der Waals surface area contributed by atoms with E-state index in [0.717, 1.165) is 5.69 Å². The molecule has 1 aromatic rings. The zero-order valence-electron chi connectivity index (χ0n) is 8.93. The van der Waals surface area contributed by atoms with Gasteiger partial charge in [-0.25, -0.2) is 13.4 Å². The van der Waals surface area contributed by atoms with E-state index in [9.17, 15) is 8.42 Å². The highest BCUT2D eigenvalue weighted by Crippen LogP contribution is 2.16. The summed E-state index contributed by atoms with van der Waals surface area (Å²) in [5.41, 5.74) is 6.22. The lowest BCUT2D eigenvalue weighted by molar-refractivity contribution is 0.577. The van der Waals surface area contributed by atoms with E-state index >= 15 is 0 Å². The second kappa shape index (κ2) is 5.05. The van der Waals surface area contributed by atoms with Gasteiger partial charge in [0.25, 0.3) is 0 Å². The Balaban J connectivity index is 2.72. The number of nitrogens with two attached hydrogens (primary N) is 1. The quantitative estimate of drug-likeness (QED) is 0.847. The molecule has 15 heavy (non-hydrogen) atoms. The second-order valence-electron chi connectivity index (χ2n) is 3.58. The third kappa shape index (κ3) is 3.55. The maximum atomic E-state index is 11.8. The van der Waals surface area contributed by atoms with Crippen LogP contribution in [0.25, 0.3) is 0 Å². The molecule has 0 radical (unpaired) electrons. The first-order valence-electron chi connectivity index (χ1n) is 4.78. The molecule has 1 atom stereocenters. The molecule has 0 aliphatic heterocycles. The standard InChI is InChI=1S/C9H16N2O2S2/c1-7-5-14-9(11-7)6-15(12,13)8(2)3-4-10/h5,8H,3-4,6,10H2,1-2H3. The topological polar surface area (TPSA) is 73.0 Å². The minimum Gasteiger partial charge on any atom is -0.330 e. The Hall–Kier alpha value is -0.460. The van der Waals surface area contributed by atoms with Gasteiger partial charge in [0.05, 0.1) is 5.25 Å². The van der Waals surface area contributed by atoms with Gasteiger partial charge < -0.3 is 5.73 Å². The first kappa shape index (κ1) is 12.6. The molecule has 0 bridgehead atoms. The maximum Gasteiger partial charge on any atom is 0.159 e. The highest BCUT2D eigenvalue weighted by molar-refractivity contribution is 7.91. The Morgan fingerprint density at radius 1 is 1.60 bits per heavy atom. The zero-order valence-corrected chi connectivity index (χ0v) is 10.6. The summed E-state index contributed by atoms with van der Waals surface area (Å²) < 4.78 is 23.6. The zero-order chi connectivity index (χ0) is 11.5. The van der Waals surface area contributed by atoms with Crippen LogP contribution in [0.5, 0.6) is 0 Å². The number of hydrogen-bond acceptors (Lipinski definition) is 5. The molecule has 1 rings (SSSR count). The molecule has 2 N–H and O–H groups in total. The van der Waals surface area contributed by atoms with Crippen LogP contribution in [0.4, 0.5) is 0 Å². The molecule has 1 aromatic heterocycles. The molecule has 0 saturated heterocycles. The van der Waals surface area contributed by atoms with E-state index < -0.39 is 9.84 Å². The average Bonchev–Trinajstić information content (AvgIpc) is 2.50. The van der Waals surface area contributed by atoms with Gasteiger partial charge in [-0.1, -0.05) is 0 Å². The summed E-state index contributed by atoms with van der Waals surface area (Å²) in [5.74, 6) is 0.0344. The smallest absolute Gasteiger partial charge is 0.159 e. The van der Waals surface area contributed by atoms with Crippen molar-refractivity contribution in [3.63, 3.8) is 0 Å². The van der Waals surface area contributed by atoms with E-state index in [2.05, 4.69) is 4.98 Å². The number of aromatic nitrogens is 1. The third-order valence-electron chi connectivity index (χ3n) is 2.18. The van der Waals surface area contributed by atoms with Crippen LogP contribution in [0.1, 0.15) is 24.0 Å². The lowest BCUT2D eigenvalue weighted by Crippen LogP contribution is -2.22. The van der Waals surface area contributed by atoms with Crippen molar-refractivity contribution in [2.45, 2.75) is 31.3 Å². The molecule has 0 saturated carbocycles. The lowest BCUT2D eigenvalue weighted by atomic mass is 10.3. The van der Waals surface area contributed by atoms with Gasteiger partial charge in [-0.15, -0.1) is 11.3 Å². The van der Waals surface area contributed by atoms with E-state index in [-0.39, 0.29) is 11.0 Å². The molecule has 0 aromatic carbocycles. The fourth-order valence-corrected chi connectivity index (χ4v) is 3.71. The van der Waals surface area contributed by atoms with Crippen molar-refractivity contribution >= 4 is 21.2 Å². The Kier molecular flexibility index (Phi) is 4.24. The van der Waals surface area contributed by atoms with Crippen LogP contribution < -0.4 is 5.73 Å². The van der Waals surface area contributed by atoms with Gasteiger partial charge in [0.15, 0.2) is 9.84 Å². The molecular weight excluding hydrogens is 232 g/mol. The summed E-state index contributed by atoms with van der Waals surface area (Å²) in [7, 11) is -3.09. The van der Waals surface area contributed by atoms with Gasteiger partial charge in [-0.2, -0.15) is 0 Å². The number of nitrogens with zero attached hydrogens (tertiary/aromatic N) is 1. The normalized spacial score (nSPS) is 14.1. The fourth-order valence-electron chi connectivity index (χ4n) is 1.20. The van der Waals surface area contributed by atoms with E-state index in [1.807, 2.05) is 12.3 Å². The number of aryl methyl sites for hydroxylation is 1. The van der Waals surface area contributed by atoms with Crippen LogP contribution in [-0.4, -0.2) is 25.2 Å². The maximum absolute atomic E-state index is 11.8. The summed E-state index contributed by atoms with van der Waals surface area (Å²) in [4.78, 5) is 4.15. The lowest BCUT2D eigenvalue weighted by Gasteiger charge is -2.09. The average molecular weight is 248 g/mol. The van der Waals surface area contributed by atoms with Crippen LogP contribution in [0.3, 0.4) is 0 Å². The van der Waals surface area contributed by atoms with Crippen LogP contribution in [0, 0.1) is 6.92 Å². The summed E-state index contributed by atoms with van der Waals surface area (Å²) in [5, 5.41) is 2.14. The monoisotopic (exact) mass is 248 g/mol. The van der Waals surface area contributed by atoms with Gasteiger partial charge in [-0.05, 0) is 26.8 Å². The van der Waals surface area contributed by atoms with Crippen LogP contribution in [0.15, 0.2) is 5.38 Å². The molecule has 0 spiro atoms. The summed E-state index contributed by atoms with van der Waals surface area (Å²) in [6.07, 6.45) is 0.507. The largest absolute Gasteiger partial charge is 0.330 e. The first-order valence-corrected chi connectivity index (χ1v) is 7.38. The molecule has 0 fully saturated rings. The van der Waals surface area contributed by atoms with Gasteiger partial charge in [0, 0.05) is 11.1 Å². The van der Waals surface area contributed by atoms with Crippen LogP contribution >= 0.6 is 11.3 Å². The highest BCUT2D eigenvalue weighted by Gasteiger charge is 2.21. The summed E-state index contributed by atoms with van der Waals surface area (Å²) >= 11 is 1.39. The van der Waals surface area contributed by atoms with Crippen molar-refractivity contribution in [2.24, 2.45) is 5.73 Å². The Morgan fingerprint density at radius 2 is 2.27 bits per heavy atom. The van der Waals surface area contributed by atoms with E-state index in [1.165, 1.54) is 11.3 Å². The molecule has 0 amide bonds. The van der Waals surface area contributed by atoms with Gasteiger partial charge in [0.1, 0.15) is 10.8 Å². The molecular formula is C9H16N2O2S2. The Labute approximate surface area is 94.4 Å². The predicted octanol–water partition coefficient (Wildman–Crippen LogP) is 1.10. The molecule has 1 heterocycles. The van der Waals surface area contributed by atoms with Gasteiger partial charge >= 0.3 is 0 Å². The van der Waals surface area contributed by atoms with Crippen LogP contribution in [-0.2, 0) is 15.6 Å². The molecule has 0 aliphatic rings. The first-order chi connectivity index (χ1) is 6.95. The van der Waals surface area contributed by atoms with Gasteiger partial charge in [-0.3, -0.25) is 0 Å². The number of hydrogen-bond donors (Lipinski definition) is 1. The van der Waals surface area contributed by atoms with Crippen molar-refractivity contribution in [2.75, 3.05) is 6.54 Å². The Morgan fingerprint density at radius 3 is 2.73 bits per heavy atom. The van der Waals surface area contributed by atoms with Crippen molar-refractivity contribution in [1.29, 1.82) is 0 Å². The van der Waals surface area contributed by atoms with E-state index in [4.69, 9.17) is 5.73 Å². The number of rotatable bonds is 5. The summed E-state index contributed by atoms with van der Waals surface area (Å²) in [6.45, 7) is 3.95. The van der Waals surface area contributed by atoms with E-state index in [1.54, 1.807) is 6.92 Å². The predicted molar refractivity (Wildman–Crippen MR) is 62.6 cm³/mol. The molecule has 1 unspecified atom stereocenters. The third-order valence-corrected chi connectivity index (χ3v) is 5.46. The second-order valence-corrected chi connectivity index (χ2v) is 6.94. The van der Waals surface area contributed by atoms with Gasteiger partial charge in [0.2, 0.25) is 0 Å². The fraction of sp³-hybridized carbons (Fsp3) is 0.667. The SMILES string of the molecule is Cc1csc(CS(=O)(=O)C(C)CCN)n1. The van der Waals surface area contributed by atoms with Crippen molar-refractivity contribution in [1.82, 2.24) is 4.98 Å². The van der Waals surface area contributed by atoms with Crippen molar-refractivity contribution in [3.8, 4) is 0 Å². The number of sulfone groups is 1. The van der Waals surface area contributed by atoms with E-state index in [0.29, 0.717) is 18.0 Å². The van der Waals surface area contributed by atoms with Crippen molar-refractivity contribution < 1.29 is 8.42 Å². The molecule has 86 valence electrons. The minimum atomic E-state index is -3.09. The molecule has 0 aliphatic carbocycles.